The van der Waals surface area contributed by atoms with Gasteiger partial charge in [0, 0.05) is 17.3 Å². The van der Waals surface area contributed by atoms with Gasteiger partial charge in [0.1, 0.15) is 6.10 Å². The van der Waals surface area contributed by atoms with Gasteiger partial charge in [0.05, 0.1) is 0 Å². The van der Waals surface area contributed by atoms with Crippen molar-refractivity contribution in [1.29, 1.82) is 0 Å². The van der Waals surface area contributed by atoms with E-state index in [0.29, 0.717) is 24.2 Å². The molecular weight excluding hydrogens is 360 g/mol. The second kappa shape index (κ2) is 8.04. The fourth-order valence-electron chi connectivity index (χ4n) is 7.26. The molecule has 0 aromatic carbocycles. The van der Waals surface area contributed by atoms with Gasteiger partial charge >= 0.3 is 5.97 Å². The second-order valence-corrected chi connectivity index (χ2v) is 10.5. The van der Waals surface area contributed by atoms with Crippen molar-refractivity contribution in [2.24, 2.45) is 28.6 Å². The highest BCUT2D eigenvalue weighted by atomic mass is 16.5. The molecule has 0 N–H and O–H groups in total. The van der Waals surface area contributed by atoms with E-state index in [0.717, 1.165) is 32.1 Å². The molecule has 0 amide bonds. The SMILES string of the molecule is CCCCCCC(=O)OC1CCC2C3CCC4=CC(=O)C=C[C@]4(C)C3CC[C@]12C. The fourth-order valence-corrected chi connectivity index (χ4v) is 7.26. The van der Waals surface area contributed by atoms with Crippen LogP contribution < -0.4 is 0 Å². The summed E-state index contributed by atoms with van der Waals surface area (Å²) in [5.41, 5.74) is 1.53. The van der Waals surface area contributed by atoms with Crippen molar-refractivity contribution < 1.29 is 14.3 Å². The van der Waals surface area contributed by atoms with Gasteiger partial charge in [-0.3, -0.25) is 9.59 Å². The van der Waals surface area contributed by atoms with Crippen LogP contribution >= 0.6 is 0 Å². The van der Waals surface area contributed by atoms with Crippen LogP contribution in [0.4, 0.5) is 0 Å². The molecule has 3 heteroatoms. The third-order valence-electron chi connectivity index (χ3n) is 8.98. The van der Waals surface area contributed by atoms with Crippen LogP contribution in [0.3, 0.4) is 0 Å². The van der Waals surface area contributed by atoms with E-state index < -0.39 is 0 Å². The third-order valence-corrected chi connectivity index (χ3v) is 8.98. The van der Waals surface area contributed by atoms with Gasteiger partial charge in [-0.25, -0.2) is 0 Å². The van der Waals surface area contributed by atoms with Crippen molar-refractivity contribution in [3.63, 3.8) is 0 Å². The number of ketones is 1. The molecule has 4 aliphatic rings. The maximum atomic E-state index is 12.5. The topological polar surface area (TPSA) is 43.4 Å². The van der Waals surface area contributed by atoms with Gasteiger partial charge in [0.2, 0.25) is 0 Å². The smallest absolute Gasteiger partial charge is 0.306 e. The summed E-state index contributed by atoms with van der Waals surface area (Å²) in [6, 6.07) is 0. The van der Waals surface area contributed by atoms with Crippen LogP contribution in [-0.4, -0.2) is 17.9 Å². The summed E-state index contributed by atoms with van der Waals surface area (Å²) in [5, 5.41) is 0. The molecule has 0 spiro atoms. The van der Waals surface area contributed by atoms with Crippen molar-refractivity contribution in [3.8, 4) is 0 Å². The summed E-state index contributed by atoms with van der Waals surface area (Å²) < 4.78 is 6.08. The molecule has 3 fully saturated rings. The van der Waals surface area contributed by atoms with E-state index in [1.165, 1.54) is 37.7 Å². The van der Waals surface area contributed by atoms with Crippen LogP contribution in [-0.2, 0) is 14.3 Å². The summed E-state index contributed by atoms with van der Waals surface area (Å²) >= 11 is 0. The maximum absolute atomic E-state index is 12.5. The minimum atomic E-state index is 0.0182. The van der Waals surface area contributed by atoms with E-state index >= 15 is 0 Å². The first kappa shape index (κ1) is 20.9. The molecule has 3 nitrogen and oxygen atoms in total. The lowest BCUT2D eigenvalue weighted by Gasteiger charge is -2.56. The van der Waals surface area contributed by atoms with Gasteiger partial charge in [0.15, 0.2) is 5.78 Å². The number of carbonyl (C=O) groups is 2. The molecule has 0 saturated heterocycles. The maximum Gasteiger partial charge on any atom is 0.306 e. The Morgan fingerprint density at radius 1 is 1.10 bits per heavy atom. The monoisotopic (exact) mass is 398 g/mol. The first-order chi connectivity index (χ1) is 13.9. The van der Waals surface area contributed by atoms with Gasteiger partial charge in [-0.15, -0.1) is 0 Å². The second-order valence-electron chi connectivity index (χ2n) is 10.5. The average Bonchev–Trinajstić information content (AvgIpc) is 3.02. The molecule has 4 rings (SSSR count). The van der Waals surface area contributed by atoms with Gasteiger partial charge in [-0.05, 0) is 74.9 Å². The van der Waals surface area contributed by atoms with Crippen LogP contribution in [0.25, 0.3) is 0 Å². The summed E-state index contributed by atoms with van der Waals surface area (Å²) in [6.45, 7) is 6.94. The highest BCUT2D eigenvalue weighted by Crippen LogP contribution is 2.64. The molecule has 0 aliphatic heterocycles. The molecule has 0 radical (unpaired) electrons. The van der Waals surface area contributed by atoms with E-state index in [1.54, 1.807) is 6.08 Å². The third kappa shape index (κ3) is 3.64. The zero-order valence-corrected chi connectivity index (χ0v) is 18.5. The van der Waals surface area contributed by atoms with E-state index in [4.69, 9.17) is 4.74 Å². The van der Waals surface area contributed by atoms with Gasteiger partial charge in [0.25, 0.3) is 0 Å². The van der Waals surface area contributed by atoms with Crippen molar-refractivity contribution in [2.75, 3.05) is 0 Å². The molecule has 0 bridgehead atoms. The predicted octanol–water partition coefficient (Wildman–Crippen LogP) is 6.18. The largest absolute Gasteiger partial charge is 0.462 e. The Hall–Kier alpha value is -1.38. The number of hydrogen-bond donors (Lipinski definition) is 0. The van der Waals surface area contributed by atoms with E-state index in [1.807, 2.05) is 6.08 Å². The van der Waals surface area contributed by atoms with Crippen molar-refractivity contribution >= 4 is 11.8 Å². The van der Waals surface area contributed by atoms with Gasteiger partial charge in [-0.1, -0.05) is 51.7 Å². The molecular formula is C26H38O3. The Balaban J connectivity index is 1.44. The number of fused-ring (bicyclic) bond motifs is 5. The lowest BCUT2D eigenvalue weighted by Crippen LogP contribution is -2.51. The van der Waals surface area contributed by atoms with E-state index in [2.05, 4.69) is 26.8 Å². The minimum absolute atomic E-state index is 0.0182. The van der Waals surface area contributed by atoms with Crippen LogP contribution in [0.2, 0.25) is 0 Å². The number of hydrogen-bond acceptors (Lipinski definition) is 3. The lowest BCUT2D eigenvalue weighted by atomic mass is 9.48. The summed E-state index contributed by atoms with van der Waals surface area (Å²) in [7, 11) is 0. The number of allylic oxidation sites excluding steroid dienone is 4. The lowest BCUT2D eigenvalue weighted by molar-refractivity contribution is -0.159. The van der Waals surface area contributed by atoms with E-state index in [9.17, 15) is 9.59 Å². The molecule has 0 aromatic heterocycles. The fraction of sp³-hybridized carbons (Fsp3) is 0.769. The number of unbranched alkanes of at least 4 members (excludes halogenated alkanes) is 3. The number of rotatable bonds is 6. The van der Waals surface area contributed by atoms with Crippen LogP contribution in [0.5, 0.6) is 0 Å². The Morgan fingerprint density at radius 2 is 1.93 bits per heavy atom. The molecule has 0 heterocycles. The van der Waals surface area contributed by atoms with Gasteiger partial charge < -0.3 is 4.74 Å². The standard InChI is InChI=1S/C26H38O3/c1-4-5-6-7-8-24(28)29-23-12-11-21-20-10-9-18-17-19(27)13-15-25(18,2)22(20)14-16-26(21,23)3/h13,15,17,20-23H,4-12,14,16H2,1-3H3/t20?,21?,22?,23?,25-,26-/m0/s1. The molecule has 4 aliphatic carbocycles. The Bertz CT molecular complexity index is 719. The highest BCUT2D eigenvalue weighted by Gasteiger charge is 2.59. The zero-order valence-electron chi connectivity index (χ0n) is 18.5. The zero-order chi connectivity index (χ0) is 20.6. The minimum Gasteiger partial charge on any atom is -0.462 e. The van der Waals surface area contributed by atoms with Crippen molar-refractivity contribution in [2.45, 2.75) is 97.5 Å². The van der Waals surface area contributed by atoms with Crippen molar-refractivity contribution in [1.82, 2.24) is 0 Å². The normalized spacial score (nSPS) is 40.7. The molecule has 29 heavy (non-hydrogen) atoms. The Morgan fingerprint density at radius 3 is 2.72 bits per heavy atom. The number of esters is 1. The predicted molar refractivity (Wildman–Crippen MR) is 115 cm³/mol. The summed E-state index contributed by atoms with van der Waals surface area (Å²) in [4.78, 5) is 24.4. The molecule has 0 aromatic rings. The molecule has 4 unspecified atom stereocenters. The number of carbonyl (C=O) groups excluding carboxylic acids is 2. The highest BCUT2D eigenvalue weighted by molar-refractivity contribution is 6.01. The van der Waals surface area contributed by atoms with Gasteiger partial charge in [-0.2, -0.15) is 0 Å². The van der Waals surface area contributed by atoms with Crippen LogP contribution in [0.15, 0.2) is 23.8 Å². The summed E-state index contributed by atoms with van der Waals surface area (Å²) in [5.74, 6) is 2.12. The molecule has 6 atom stereocenters. The van der Waals surface area contributed by atoms with Crippen molar-refractivity contribution in [3.05, 3.63) is 23.8 Å². The van der Waals surface area contributed by atoms with Crippen LogP contribution in [0, 0.1) is 28.6 Å². The first-order valence-electron chi connectivity index (χ1n) is 12.0. The average molecular weight is 399 g/mol. The Labute approximate surface area is 176 Å². The van der Waals surface area contributed by atoms with Crippen LogP contribution in [0.1, 0.15) is 91.4 Å². The quantitative estimate of drug-likeness (QED) is 0.396. The first-order valence-corrected chi connectivity index (χ1v) is 12.0. The molecule has 160 valence electrons. The molecule has 3 saturated carbocycles. The Kier molecular flexibility index (Phi) is 5.79. The number of ether oxygens (including phenoxy) is 1. The van der Waals surface area contributed by atoms with E-state index in [-0.39, 0.29) is 28.7 Å². The summed E-state index contributed by atoms with van der Waals surface area (Å²) in [6.07, 6.45) is 17.8.